The van der Waals surface area contributed by atoms with Gasteiger partial charge >= 0.3 is 5.97 Å². The van der Waals surface area contributed by atoms with Crippen molar-refractivity contribution >= 4 is 17.6 Å². The minimum Gasteiger partial charge on any atom is -0.493 e. The van der Waals surface area contributed by atoms with Crippen molar-refractivity contribution in [1.82, 2.24) is 0 Å². The van der Waals surface area contributed by atoms with Crippen molar-refractivity contribution in [3.05, 3.63) is 58.7 Å². The van der Waals surface area contributed by atoms with Gasteiger partial charge in [-0.2, -0.15) is 0 Å². The smallest absolute Gasteiger partial charge is 0.306 e. The standard InChI is InChI=1S/C22H27NO4/c1-15-10-11-19(17(3)13-15)23-21(24)14-27-22(25)9-6-12-26-20-8-5-7-16(2)18(20)4/h5,7-8,10-11,13H,6,9,12,14H2,1-4H3,(H,23,24). The molecule has 144 valence electrons. The highest BCUT2D eigenvalue weighted by molar-refractivity contribution is 5.93. The lowest BCUT2D eigenvalue weighted by atomic mass is 10.1. The van der Waals surface area contributed by atoms with Crippen LogP contribution >= 0.6 is 0 Å². The van der Waals surface area contributed by atoms with E-state index in [4.69, 9.17) is 9.47 Å². The molecule has 0 saturated heterocycles. The van der Waals surface area contributed by atoms with Crippen LogP contribution in [0, 0.1) is 27.7 Å². The van der Waals surface area contributed by atoms with Crippen LogP contribution in [-0.2, 0) is 14.3 Å². The highest BCUT2D eigenvalue weighted by Gasteiger charge is 2.09. The molecule has 0 radical (unpaired) electrons. The Labute approximate surface area is 160 Å². The summed E-state index contributed by atoms with van der Waals surface area (Å²) in [6, 6.07) is 11.6. The van der Waals surface area contributed by atoms with E-state index in [0.717, 1.165) is 28.1 Å². The first kappa shape index (κ1) is 20.5. The second kappa shape index (κ2) is 9.76. The number of rotatable bonds is 8. The topological polar surface area (TPSA) is 64.6 Å². The van der Waals surface area contributed by atoms with E-state index in [2.05, 4.69) is 5.32 Å². The number of carbonyl (C=O) groups excluding carboxylic acids is 2. The van der Waals surface area contributed by atoms with Gasteiger partial charge in [-0.3, -0.25) is 9.59 Å². The molecule has 0 aliphatic rings. The van der Waals surface area contributed by atoms with Gasteiger partial charge in [0.1, 0.15) is 5.75 Å². The maximum Gasteiger partial charge on any atom is 0.306 e. The molecule has 2 rings (SSSR count). The Morgan fingerprint density at radius 1 is 1.00 bits per heavy atom. The lowest BCUT2D eigenvalue weighted by Crippen LogP contribution is -2.21. The number of benzene rings is 2. The molecule has 27 heavy (non-hydrogen) atoms. The van der Waals surface area contributed by atoms with Crippen LogP contribution in [-0.4, -0.2) is 25.1 Å². The van der Waals surface area contributed by atoms with Gasteiger partial charge < -0.3 is 14.8 Å². The Bertz CT molecular complexity index is 814. The van der Waals surface area contributed by atoms with Crippen LogP contribution in [0.2, 0.25) is 0 Å². The van der Waals surface area contributed by atoms with Gasteiger partial charge in [0.2, 0.25) is 0 Å². The molecule has 1 N–H and O–H groups in total. The minimum atomic E-state index is -0.407. The van der Waals surface area contributed by atoms with E-state index >= 15 is 0 Å². The Morgan fingerprint density at radius 2 is 1.78 bits per heavy atom. The summed E-state index contributed by atoms with van der Waals surface area (Å²) in [6.45, 7) is 8.09. The predicted molar refractivity (Wildman–Crippen MR) is 106 cm³/mol. The molecule has 0 aliphatic heterocycles. The molecule has 0 aliphatic carbocycles. The first-order valence-electron chi connectivity index (χ1n) is 9.08. The fraction of sp³-hybridized carbons (Fsp3) is 0.364. The third-order valence-electron chi connectivity index (χ3n) is 4.36. The van der Waals surface area contributed by atoms with Crippen LogP contribution in [0.25, 0.3) is 0 Å². The van der Waals surface area contributed by atoms with Crippen molar-refractivity contribution in [2.45, 2.75) is 40.5 Å². The summed E-state index contributed by atoms with van der Waals surface area (Å²) in [5.74, 6) is 0.0773. The van der Waals surface area contributed by atoms with Crippen molar-refractivity contribution in [2.75, 3.05) is 18.5 Å². The molecule has 0 fully saturated rings. The highest BCUT2D eigenvalue weighted by Crippen LogP contribution is 2.20. The van der Waals surface area contributed by atoms with Gasteiger partial charge in [-0.25, -0.2) is 0 Å². The first-order valence-corrected chi connectivity index (χ1v) is 9.08. The Morgan fingerprint density at radius 3 is 2.52 bits per heavy atom. The van der Waals surface area contributed by atoms with Gasteiger partial charge in [0.05, 0.1) is 6.61 Å². The molecular formula is C22H27NO4. The average molecular weight is 369 g/mol. The zero-order valence-electron chi connectivity index (χ0n) is 16.4. The van der Waals surface area contributed by atoms with Crippen LogP contribution in [0.3, 0.4) is 0 Å². The second-order valence-corrected chi connectivity index (χ2v) is 6.68. The number of anilines is 1. The average Bonchev–Trinajstić information content (AvgIpc) is 2.62. The molecule has 1 amide bonds. The monoisotopic (exact) mass is 369 g/mol. The fourth-order valence-corrected chi connectivity index (χ4v) is 2.64. The van der Waals surface area contributed by atoms with E-state index in [1.54, 1.807) is 0 Å². The summed E-state index contributed by atoms with van der Waals surface area (Å²) in [5, 5.41) is 2.75. The summed E-state index contributed by atoms with van der Waals surface area (Å²) in [7, 11) is 0. The number of nitrogens with one attached hydrogen (secondary N) is 1. The summed E-state index contributed by atoms with van der Waals surface area (Å²) in [6.07, 6.45) is 0.743. The van der Waals surface area contributed by atoms with E-state index in [9.17, 15) is 9.59 Å². The molecule has 0 heterocycles. The highest BCUT2D eigenvalue weighted by atomic mass is 16.5. The Hall–Kier alpha value is -2.82. The van der Waals surface area contributed by atoms with E-state index < -0.39 is 5.97 Å². The molecule has 0 unspecified atom stereocenters. The number of ether oxygens (including phenoxy) is 2. The number of amides is 1. The zero-order valence-corrected chi connectivity index (χ0v) is 16.4. The fourth-order valence-electron chi connectivity index (χ4n) is 2.64. The maximum absolute atomic E-state index is 11.9. The summed E-state index contributed by atoms with van der Waals surface area (Å²) in [5.41, 5.74) is 5.09. The Balaban J connectivity index is 1.67. The second-order valence-electron chi connectivity index (χ2n) is 6.68. The van der Waals surface area contributed by atoms with Crippen LogP contribution in [0.5, 0.6) is 5.75 Å². The molecule has 0 aromatic heterocycles. The van der Waals surface area contributed by atoms with Gasteiger partial charge in [-0.05, 0) is 62.9 Å². The number of esters is 1. The van der Waals surface area contributed by atoms with E-state index in [1.165, 1.54) is 5.56 Å². The maximum atomic E-state index is 11.9. The van der Waals surface area contributed by atoms with Gasteiger partial charge in [0.15, 0.2) is 6.61 Å². The first-order chi connectivity index (χ1) is 12.9. The number of carbonyl (C=O) groups is 2. The quantitative estimate of drug-likeness (QED) is 0.558. The molecule has 5 nitrogen and oxygen atoms in total. The molecule has 2 aromatic carbocycles. The molecule has 0 bridgehead atoms. The number of hydrogen-bond donors (Lipinski definition) is 1. The van der Waals surface area contributed by atoms with Gasteiger partial charge in [-0.1, -0.05) is 29.8 Å². The largest absolute Gasteiger partial charge is 0.493 e. The number of aryl methyl sites for hydroxylation is 3. The third-order valence-corrected chi connectivity index (χ3v) is 4.36. The lowest BCUT2D eigenvalue weighted by Gasteiger charge is -2.11. The van der Waals surface area contributed by atoms with Gasteiger partial charge in [0, 0.05) is 12.1 Å². The van der Waals surface area contributed by atoms with Gasteiger partial charge in [0.25, 0.3) is 5.91 Å². The molecule has 0 saturated carbocycles. The van der Waals surface area contributed by atoms with Gasteiger partial charge in [-0.15, -0.1) is 0 Å². The Kier molecular flexibility index (Phi) is 7.41. The van der Waals surface area contributed by atoms with Crippen molar-refractivity contribution in [1.29, 1.82) is 0 Å². The van der Waals surface area contributed by atoms with Crippen LogP contribution in [0.15, 0.2) is 36.4 Å². The third kappa shape index (κ3) is 6.44. The summed E-state index contributed by atoms with van der Waals surface area (Å²) >= 11 is 0. The van der Waals surface area contributed by atoms with Crippen LogP contribution < -0.4 is 10.1 Å². The molecular weight excluding hydrogens is 342 g/mol. The van der Waals surface area contributed by atoms with Crippen molar-refractivity contribution in [3.63, 3.8) is 0 Å². The lowest BCUT2D eigenvalue weighted by molar-refractivity contribution is -0.147. The minimum absolute atomic E-state index is 0.210. The van der Waals surface area contributed by atoms with E-state index in [0.29, 0.717) is 13.0 Å². The molecule has 2 aromatic rings. The normalized spacial score (nSPS) is 10.4. The summed E-state index contributed by atoms with van der Waals surface area (Å²) in [4.78, 5) is 23.7. The number of hydrogen-bond acceptors (Lipinski definition) is 4. The molecule has 0 atom stereocenters. The SMILES string of the molecule is Cc1ccc(NC(=O)COC(=O)CCCOc2cccc(C)c2C)c(C)c1. The zero-order chi connectivity index (χ0) is 19.8. The van der Waals surface area contributed by atoms with E-state index in [-0.39, 0.29) is 18.9 Å². The van der Waals surface area contributed by atoms with Crippen LogP contribution in [0.4, 0.5) is 5.69 Å². The summed E-state index contributed by atoms with van der Waals surface area (Å²) < 4.78 is 10.7. The molecule has 0 spiro atoms. The predicted octanol–water partition coefficient (Wildman–Crippen LogP) is 4.26. The van der Waals surface area contributed by atoms with E-state index in [1.807, 2.05) is 64.1 Å². The van der Waals surface area contributed by atoms with Crippen molar-refractivity contribution < 1.29 is 19.1 Å². The van der Waals surface area contributed by atoms with Crippen molar-refractivity contribution in [3.8, 4) is 5.75 Å². The molecule has 5 heteroatoms. The van der Waals surface area contributed by atoms with Crippen LogP contribution in [0.1, 0.15) is 35.1 Å². The van der Waals surface area contributed by atoms with Crippen molar-refractivity contribution in [2.24, 2.45) is 0 Å².